The fourth-order valence-corrected chi connectivity index (χ4v) is 0.964. The maximum Gasteiger partial charge on any atom is 0.296 e. The van der Waals surface area contributed by atoms with Gasteiger partial charge in [-0.3, -0.25) is 4.99 Å². The van der Waals surface area contributed by atoms with Gasteiger partial charge < -0.3 is 5.11 Å². The van der Waals surface area contributed by atoms with Crippen LogP contribution in [0.25, 0.3) is 0 Å². The highest BCUT2D eigenvalue weighted by atomic mass is 35.5. The fourth-order valence-electron chi connectivity index (χ4n) is 0.908. The van der Waals surface area contributed by atoms with E-state index in [-0.39, 0.29) is 5.57 Å². The molecule has 2 nitrogen and oxygen atoms in total. The van der Waals surface area contributed by atoms with Crippen LogP contribution in [0.3, 0.4) is 0 Å². The third-order valence-corrected chi connectivity index (χ3v) is 1.84. The Kier molecular flexibility index (Phi) is 7.17. The topological polar surface area (TPSA) is 32.6 Å². The highest BCUT2D eigenvalue weighted by Gasteiger charge is 2.31. The second kappa shape index (κ2) is 7.52. The SMILES string of the molecule is CCC/C=C(/C=N/C=C(\C)Cl)C(F)(F)CO. The van der Waals surface area contributed by atoms with E-state index in [0.717, 1.165) is 12.6 Å². The van der Waals surface area contributed by atoms with E-state index in [1.54, 1.807) is 6.92 Å². The van der Waals surface area contributed by atoms with Crippen LogP contribution in [0, 0.1) is 0 Å². The molecule has 0 radical (unpaired) electrons. The molecular weight excluding hydrogens is 236 g/mol. The van der Waals surface area contributed by atoms with Gasteiger partial charge in [0.15, 0.2) is 0 Å². The molecule has 1 N–H and O–H groups in total. The Morgan fingerprint density at radius 3 is 2.56 bits per heavy atom. The third-order valence-electron chi connectivity index (χ3n) is 1.74. The molecular formula is C11H16ClF2NO. The summed E-state index contributed by atoms with van der Waals surface area (Å²) >= 11 is 5.50. The number of aliphatic hydroxyl groups excluding tert-OH is 1. The molecule has 0 unspecified atom stereocenters. The first kappa shape index (κ1) is 15.3. The lowest BCUT2D eigenvalue weighted by molar-refractivity contribution is -0.0104. The van der Waals surface area contributed by atoms with Crippen molar-refractivity contribution in [1.82, 2.24) is 0 Å². The predicted octanol–water partition coefficient (Wildman–Crippen LogP) is 3.51. The highest BCUT2D eigenvalue weighted by Crippen LogP contribution is 2.22. The average Bonchev–Trinajstić information content (AvgIpc) is 2.22. The van der Waals surface area contributed by atoms with Crippen LogP contribution in [-0.2, 0) is 0 Å². The number of alkyl halides is 2. The summed E-state index contributed by atoms with van der Waals surface area (Å²) in [5.41, 5.74) is -0.286. The molecule has 0 spiro atoms. The van der Waals surface area contributed by atoms with E-state index in [2.05, 4.69) is 4.99 Å². The van der Waals surface area contributed by atoms with Gasteiger partial charge in [0.2, 0.25) is 0 Å². The van der Waals surface area contributed by atoms with Crippen molar-refractivity contribution in [3.63, 3.8) is 0 Å². The van der Waals surface area contributed by atoms with E-state index < -0.39 is 12.5 Å². The molecule has 0 saturated heterocycles. The summed E-state index contributed by atoms with van der Waals surface area (Å²) in [6.45, 7) is 2.25. The normalized spacial score (nSPS) is 14.9. The number of hydrogen-bond acceptors (Lipinski definition) is 2. The second-order valence-electron chi connectivity index (χ2n) is 3.30. The number of nitrogens with zero attached hydrogens (tertiary/aromatic N) is 1. The van der Waals surface area contributed by atoms with Crippen LogP contribution in [0.2, 0.25) is 0 Å². The van der Waals surface area contributed by atoms with Gasteiger partial charge >= 0.3 is 0 Å². The Morgan fingerprint density at radius 1 is 1.50 bits per heavy atom. The van der Waals surface area contributed by atoms with Crippen LogP contribution in [-0.4, -0.2) is 23.9 Å². The van der Waals surface area contributed by atoms with E-state index in [9.17, 15) is 8.78 Å². The number of aliphatic hydroxyl groups is 1. The minimum atomic E-state index is -3.26. The molecule has 0 aliphatic heterocycles. The van der Waals surface area contributed by atoms with Crippen LogP contribution in [0.4, 0.5) is 8.78 Å². The quantitative estimate of drug-likeness (QED) is 0.720. The molecule has 5 heteroatoms. The summed E-state index contributed by atoms with van der Waals surface area (Å²) in [4.78, 5) is 3.66. The van der Waals surface area contributed by atoms with Crippen molar-refractivity contribution in [2.24, 2.45) is 4.99 Å². The lowest BCUT2D eigenvalue weighted by Crippen LogP contribution is -2.25. The molecule has 0 aromatic rings. The minimum Gasteiger partial charge on any atom is -0.390 e. The van der Waals surface area contributed by atoms with Gasteiger partial charge in [0, 0.05) is 23.0 Å². The molecule has 92 valence electrons. The highest BCUT2D eigenvalue weighted by molar-refractivity contribution is 6.29. The van der Waals surface area contributed by atoms with Gasteiger partial charge in [0.1, 0.15) is 6.61 Å². The molecule has 0 aromatic heterocycles. The predicted molar refractivity (Wildman–Crippen MR) is 63.1 cm³/mol. The molecule has 0 aliphatic carbocycles. The van der Waals surface area contributed by atoms with Crippen molar-refractivity contribution in [3.8, 4) is 0 Å². The van der Waals surface area contributed by atoms with Crippen LogP contribution in [0.5, 0.6) is 0 Å². The van der Waals surface area contributed by atoms with Crippen LogP contribution in [0.1, 0.15) is 26.7 Å². The maximum atomic E-state index is 13.2. The molecule has 0 aromatic carbocycles. The van der Waals surface area contributed by atoms with Crippen molar-refractivity contribution in [2.45, 2.75) is 32.6 Å². The van der Waals surface area contributed by atoms with Gasteiger partial charge in [0.05, 0.1) is 0 Å². The van der Waals surface area contributed by atoms with Gasteiger partial charge in [-0.2, -0.15) is 8.78 Å². The Bertz CT molecular complexity index is 294. The minimum absolute atomic E-state index is 0.286. The Morgan fingerprint density at radius 2 is 2.12 bits per heavy atom. The standard InChI is InChI=1S/C11H16ClF2NO/c1-3-4-5-10(11(13,14)8-16)7-15-6-9(2)12/h5-7,16H,3-4,8H2,1-2H3/b9-6+,10-5-,15-7+. The zero-order chi connectivity index (χ0) is 12.6. The van der Waals surface area contributed by atoms with E-state index in [4.69, 9.17) is 16.7 Å². The number of halogens is 3. The molecule has 0 atom stereocenters. The van der Waals surface area contributed by atoms with Gasteiger partial charge in [-0.15, -0.1) is 0 Å². The van der Waals surface area contributed by atoms with Crippen molar-refractivity contribution in [3.05, 3.63) is 22.9 Å². The van der Waals surface area contributed by atoms with E-state index in [1.807, 2.05) is 6.92 Å². The van der Waals surface area contributed by atoms with E-state index >= 15 is 0 Å². The van der Waals surface area contributed by atoms with Crippen LogP contribution >= 0.6 is 11.6 Å². The molecule has 0 bridgehead atoms. The number of hydrogen-bond donors (Lipinski definition) is 1. The maximum absolute atomic E-state index is 13.2. The second-order valence-corrected chi connectivity index (χ2v) is 3.90. The van der Waals surface area contributed by atoms with Gasteiger partial charge in [0.25, 0.3) is 5.92 Å². The Hall–Kier alpha value is -0.740. The number of aliphatic imine (C=N–C) groups is 1. The van der Waals surface area contributed by atoms with Crippen molar-refractivity contribution >= 4 is 17.8 Å². The lowest BCUT2D eigenvalue weighted by atomic mass is 10.1. The lowest BCUT2D eigenvalue weighted by Gasteiger charge is -2.13. The Balaban J connectivity index is 4.83. The van der Waals surface area contributed by atoms with Gasteiger partial charge in [-0.25, -0.2) is 0 Å². The molecule has 0 heterocycles. The molecule has 0 fully saturated rings. The van der Waals surface area contributed by atoms with Gasteiger partial charge in [-0.1, -0.05) is 31.0 Å². The average molecular weight is 252 g/mol. The largest absolute Gasteiger partial charge is 0.390 e. The molecule has 0 aliphatic rings. The summed E-state index contributed by atoms with van der Waals surface area (Å²) in [7, 11) is 0. The molecule has 0 saturated carbocycles. The number of allylic oxidation sites excluding steroid dienone is 2. The summed E-state index contributed by atoms with van der Waals surface area (Å²) in [5, 5.41) is 8.98. The molecule has 16 heavy (non-hydrogen) atoms. The first-order valence-electron chi connectivity index (χ1n) is 4.98. The zero-order valence-corrected chi connectivity index (χ0v) is 10.1. The van der Waals surface area contributed by atoms with Crippen LogP contribution < -0.4 is 0 Å². The van der Waals surface area contributed by atoms with Crippen LogP contribution in [0.15, 0.2) is 27.9 Å². The van der Waals surface area contributed by atoms with Crippen molar-refractivity contribution in [2.75, 3.05) is 6.61 Å². The molecule has 0 rings (SSSR count). The fraction of sp³-hybridized carbons (Fsp3) is 0.545. The summed E-state index contributed by atoms with van der Waals surface area (Å²) < 4.78 is 26.4. The zero-order valence-electron chi connectivity index (χ0n) is 9.38. The summed E-state index contributed by atoms with van der Waals surface area (Å²) in [5.74, 6) is -3.26. The number of unbranched alkanes of at least 4 members (excludes halogenated alkanes) is 1. The monoisotopic (exact) mass is 251 g/mol. The van der Waals surface area contributed by atoms with Gasteiger partial charge in [-0.05, 0) is 13.3 Å². The van der Waals surface area contributed by atoms with E-state index in [1.165, 1.54) is 12.3 Å². The Labute approximate surface area is 99.3 Å². The summed E-state index contributed by atoms with van der Waals surface area (Å²) in [6.07, 6.45) is 4.94. The first-order valence-corrected chi connectivity index (χ1v) is 5.36. The first-order chi connectivity index (χ1) is 7.44. The number of rotatable bonds is 6. The van der Waals surface area contributed by atoms with Crippen molar-refractivity contribution < 1.29 is 13.9 Å². The third kappa shape index (κ3) is 5.98. The summed E-state index contributed by atoms with van der Waals surface area (Å²) in [6, 6.07) is 0. The molecule has 0 amide bonds. The smallest absolute Gasteiger partial charge is 0.296 e. The van der Waals surface area contributed by atoms with E-state index in [0.29, 0.717) is 11.5 Å². The van der Waals surface area contributed by atoms with Crippen molar-refractivity contribution in [1.29, 1.82) is 0 Å².